The highest BCUT2D eigenvalue weighted by Gasteiger charge is 2.30. The van der Waals surface area contributed by atoms with Crippen molar-refractivity contribution in [2.24, 2.45) is 0 Å². The fourth-order valence-corrected chi connectivity index (χ4v) is 4.41. The van der Waals surface area contributed by atoms with Crippen molar-refractivity contribution < 1.29 is 0 Å². The molecular weight excluding hydrogens is 423 g/mol. The summed E-state index contributed by atoms with van der Waals surface area (Å²) >= 11 is 19.3. The van der Waals surface area contributed by atoms with Crippen molar-refractivity contribution in [1.82, 2.24) is 0 Å². The topological polar surface area (TPSA) is 0 Å². The Balaban J connectivity index is 2.33. The first-order chi connectivity index (χ1) is 9.59. The van der Waals surface area contributed by atoms with Gasteiger partial charge in [0.2, 0.25) is 0 Å². The smallest absolute Gasteiger partial charge is 0.0406 e. The van der Waals surface area contributed by atoms with Crippen LogP contribution in [-0.2, 0) is 11.8 Å². The van der Waals surface area contributed by atoms with Gasteiger partial charge in [0.05, 0.1) is 0 Å². The molecule has 0 spiro atoms. The standard InChI is InChI=1S/C16H14Br2Cl2/c17-10-16(11-18,13-3-7-15(20)8-4-13)9-12-1-5-14(19)6-2-12/h1-8H,9-11H2. The number of hydrogen-bond donors (Lipinski definition) is 0. The minimum absolute atomic E-state index is 0.00157. The average Bonchev–Trinajstić information content (AvgIpc) is 2.48. The molecule has 0 atom stereocenters. The van der Waals surface area contributed by atoms with Gasteiger partial charge in [-0.2, -0.15) is 0 Å². The average molecular weight is 437 g/mol. The molecule has 0 amide bonds. The van der Waals surface area contributed by atoms with Gasteiger partial charge in [0, 0.05) is 26.1 Å². The van der Waals surface area contributed by atoms with Crippen molar-refractivity contribution in [3.05, 3.63) is 69.7 Å². The molecule has 0 nitrogen and oxygen atoms in total. The van der Waals surface area contributed by atoms with Gasteiger partial charge in [-0.05, 0) is 41.8 Å². The van der Waals surface area contributed by atoms with E-state index in [1.165, 1.54) is 11.1 Å². The maximum Gasteiger partial charge on any atom is 0.0406 e. The van der Waals surface area contributed by atoms with Crippen LogP contribution >= 0.6 is 55.1 Å². The number of halogens is 4. The van der Waals surface area contributed by atoms with E-state index in [1.807, 2.05) is 24.3 Å². The first kappa shape index (κ1) is 16.4. The predicted molar refractivity (Wildman–Crippen MR) is 95.9 cm³/mol. The summed E-state index contributed by atoms with van der Waals surface area (Å²) in [4.78, 5) is 0. The molecule has 0 aliphatic rings. The lowest BCUT2D eigenvalue weighted by molar-refractivity contribution is 0.551. The molecule has 0 saturated heterocycles. The maximum atomic E-state index is 5.99. The summed E-state index contributed by atoms with van der Waals surface area (Å²) in [5.74, 6) is 0. The fourth-order valence-electron chi connectivity index (χ4n) is 2.18. The van der Waals surface area contributed by atoms with Gasteiger partial charge in [0.1, 0.15) is 0 Å². The van der Waals surface area contributed by atoms with Crippen molar-refractivity contribution in [2.45, 2.75) is 11.8 Å². The molecule has 0 heterocycles. The Morgan fingerprint density at radius 1 is 0.750 bits per heavy atom. The lowest BCUT2D eigenvalue weighted by Crippen LogP contribution is -2.32. The summed E-state index contributed by atoms with van der Waals surface area (Å²) in [6.07, 6.45) is 0.933. The summed E-state index contributed by atoms with van der Waals surface area (Å²) in [6.45, 7) is 0. The van der Waals surface area contributed by atoms with Crippen molar-refractivity contribution in [3.8, 4) is 0 Å². The fraction of sp³-hybridized carbons (Fsp3) is 0.250. The third kappa shape index (κ3) is 3.79. The van der Waals surface area contributed by atoms with Crippen LogP contribution in [0.1, 0.15) is 11.1 Å². The van der Waals surface area contributed by atoms with Crippen LogP contribution in [0.4, 0.5) is 0 Å². The van der Waals surface area contributed by atoms with Gasteiger partial charge in [0.15, 0.2) is 0 Å². The maximum absolute atomic E-state index is 5.99. The molecule has 0 N–H and O–H groups in total. The largest absolute Gasteiger partial charge is 0.0918 e. The van der Waals surface area contributed by atoms with E-state index >= 15 is 0 Å². The summed E-state index contributed by atoms with van der Waals surface area (Å²) in [5.41, 5.74) is 2.53. The normalized spacial score (nSPS) is 11.6. The SMILES string of the molecule is Clc1ccc(CC(CBr)(CBr)c2ccc(Cl)cc2)cc1. The molecule has 0 fully saturated rings. The van der Waals surface area contributed by atoms with Crippen molar-refractivity contribution >= 4 is 55.1 Å². The second-order valence-corrected chi connectivity index (χ2v) is 6.85. The number of alkyl halides is 2. The highest BCUT2D eigenvalue weighted by molar-refractivity contribution is 9.09. The van der Waals surface area contributed by atoms with Crippen LogP contribution in [0, 0.1) is 0 Å². The summed E-state index contributed by atoms with van der Waals surface area (Å²) in [5, 5.41) is 3.27. The molecule has 4 heteroatoms. The molecule has 20 heavy (non-hydrogen) atoms. The molecule has 0 saturated carbocycles. The number of rotatable bonds is 5. The predicted octanol–water partition coefficient (Wildman–Crippen LogP) is 6.26. The van der Waals surface area contributed by atoms with Crippen LogP contribution in [-0.4, -0.2) is 10.7 Å². The van der Waals surface area contributed by atoms with Gasteiger partial charge < -0.3 is 0 Å². The molecule has 0 aliphatic heterocycles. The Bertz CT molecular complexity index is 546. The van der Waals surface area contributed by atoms with Gasteiger partial charge in [-0.3, -0.25) is 0 Å². The molecule has 106 valence electrons. The minimum atomic E-state index is -0.00157. The van der Waals surface area contributed by atoms with Gasteiger partial charge in [-0.25, -0.2) is 0 Å². The quantitative estimate of drug-likeness (QED) is 0.485. The van der Waals surface area contributed by atoms with E-state index in [9.17, 15) is 0 Å². The van der Waals surface area contributed by atoms with Gasteiger partial charge in [-0.15, -0.1) is 0 Å². The molecular formula is C16H14Br2Cl2. The van der Waals surface area contributed by atoms with Gasteiger partial charge >= 0.3 is 0 Å². The highest BCUT2D eigenvalue weighted by atomic mass is 79.9. The van der Waals surface area contributed by atoms with Crippen LogP contribution < -0.4 is 0 Å². The Morgan fingerprint density at radius 2 is 1.20 bits per heavy atom. The Kier molecular flexibility index (Phi) is 5.97. The van der Waals surface area contributed by atoms with E-state index in [2.05, 4.69) is 56.1 Å². The van der Waals surface area contributed by atoms with E-state index in [4.69, 9.17) is 23.2 Å². The molecule has 0 unspecified atom stereocenters. The minimum Gasteiger partial charge on any atom is -0.0918 e. The number of hydrogen-bond acceptors (Lipinski definition) is 0. The number of benzene rings is 2. The lowest BCUT2D eigenvalue weighted by Gasteiger charge is -2.31. The zero-order valence-corrected chi connectivity index (χ0v) is 15.4. The first-order valence-corrected chi connectivity index (χ1v) is 9.22. The van der Waals surface area contributed by atoms with E-state index in [-0.39, 0.29) is 5.41 Å². The molecule has 0 aliphatic carbocycles. The molecule has 0 radical (unpaired) electrons. The van der Waals surface area contributed by atoms with Crippen LogP contribution in [0.5, 0.6) is 0 Å². The highest BCUT2D eigenvalue weighted by Crippen LogP contribution is 2.33. The second-order valence-electron chi connectivity index (χ2n) is 4.86. The van der Waals surface area contributed by atoms with E-state index in [1.54, 1.807) is 0 Å². The summed E-state index contributed by atoms with van der Waals surface area (Å²) < 4.78 is 0. The molecule has 2 aromatic carbocycles. The molecule has 0 bridgehead atoms. The van der Waals surface area contributed by atoms with Gasteiger partial charge in [-0.1, -0.05) is 79.3 Å². The van der Waals surface area contributed by atoms with Crippen LogP contribution in [0.15, 0.2) is 48.5 Å². The van der Waals surface area contributed by atoms with E-state index < -0.39 is 0 Å². The Hall–Kier alpha value is -0.0200. The van der Waals surface area contributed by atoms with Crippen molar-refractivity contribution in [2.75, 3.05) is 10.7 Å². The third-order valence-electron chi connectivity index (χ3n) is 3.42. The van der Waals surface area contributed by atoms with Crippen LogP contribution in [0.3, 0.4) is 0 Å². The second kappa shape index (κ2) is 7.31. The van der Waals surface area contributed by atoms with Crippen LogP contribution in [0.25, 0.3) is 0 Å². The molecule has 0 aromatic heterocycles. The molecule has 2 rings (SSSR count). The van der Waals surface area contributed by atoms with Crippen LogP contribution in [0.2, 0.25) is 10.0 Å². The monoisotopic (exact) mass is 434 g/mol. The van der Waals surface area contributed by atoms with E-state index in [0.29, 0.717) is 0 Å². The van der Waals surface area contributed by atoms with Crippen molar-refractivity contribution in [3.63, 3.8) is 0 Å². The van der Waals surface area contributed by atoms with E-state index in [0.717, 1.165) is 27.1 Å². The third-order valence-corrected chi connectivity index (χ3v) is 6.07. The van der Waals surface area contributed by atoms with Gasteiger partial charge in [0.25, 0.3) is 0 Å². The Morgan fingerprint density at radius 3 is 1.65 bits per heavy atom. The summed E-state index contributed by atoms with van der Waals surface area (Å²) in [7, 11) is 0. The molecule has 2 aromatic rings. The summed E-state index contributed by atoms with van der Waals surface area (Å²) in [6, 6.07) is 16.1. The first-order valence-electron chi connectivity index (χ1n) is 6.22. The Labute approximate surface area is 146 Å². The zero-order chi connectivity index (χ0) is 14.6. The zero-order valence-electron chi connectivity index (χ0n) is 10.8. The van der Waals surface area contributed by atoms with Crippen molar-refractivity contribution in [1.29, 1.82) is 0 Å². The lowest BCUT2D eigenvalue weighted by atomic mass is 9.79.